The monoisotopic (exact) mass is 329 g/mol. The molecule has 1 aromatic rings. The molecular weight excluding hydrogens is 314 g/mol. The van der Waals surface area contributed by atoms with Gasteiger partial charge in [-0.1, -0.05) is 0 Å². The average Bonchev–Trinajstić information content (AvgIpc) is 2.93. The van der Waals surface area contributed by atoms with Crippen LogP contribution in [-0.2, 0) is 0 Å². The minimum Gasteiger partial charge on any atom is -0.453 e. The molecule has 1 atom stereocenters. The highest BCUT2D eigenvalue weighted by Crippen LogP contribution is 2.41. The Kier molecular flexibility index (Phi) is 4.72. The van der Waals surface area contributed by atoms with Crippen molar-refractivity contribution in [1.29, 1.82) is 0 Å². The fraction of sp³-hybridized carbons (Fsp3) is 0.462. The highest BCUT2D eigenvalue weighted by molar-refractivity contribution is 5.96. The Morgan fingerprint density at radius 3 is 2.91 bits per heavy atom. The van der Waals surface area contributed by atoms with Crippen molar-refractivity contribution < 1.29 is 19.2 Å². The second-order valence-corrected chi connectivity index (χ2v) is 5.09. The van der Waals surface area contributed by atoms with Gasteiger partial charge in [-0.3, -0.25) is 14.9 Å². The first-order valence-electron chi connectivity index (χ1n) is 6.67. The molecule has 120 valence electrons. The SMILES string of the molecule is C[C@@H]1CN(C(=O)c2cc3c(c([N+](=O)[O-])c2)OCO3)CCN1.Cl. The van der Waals surface area contributed by atoms with Crippen molar-refractivity contribution >= 4 is 24.0 Å². The maximum atomic E-state index is 12.5. The van der Waals surface area contributed by atoms with Gasteiger partial charge in [-0.25, -0.2) is 0 Å². The lowest BCUT2D eigenvalue weighted by molar-refractivity contribution is -0.385. The number of amides is 1. The largest absolute Gasteiger partial charge is 0.453 e. The molecule has 2 aliphatic heterocycles. The van der Waals surface area contributed by atoms with Crippen LogP contribution in [0.3, 0.4) is 0 Å². The lowest BCUT2D eigenvalue weighted by Gasteiger charge is -2.31. The highest BCUT2D eigenvalue weighted by atomic mass is 35.5. The van der Waals surface area contributed by atoms with Crippen molar-refractivity contribution in [3.8, 4) is 11.5 Å². The summed E-state index contributed by atoms with van der Waals surface area (Å²) in [5, 5.41) is 14.3. The van der Waals surface area contributed by atoms with E-state index in [1.807, 2.05) is 6.92 Å². The summed E-state index contributed by atoms with van der Waals surface area (Å²) in [5.41, 5.74) is 0.0107. The number of fused-ring (bicyclic) bond motifs is 1. The van der Waals surface area contributed by atoms with Gasteiger partial charge >= 0.3 is 5.69 Å². The van der Waals surface area contributed by atoms with Crippen LogP contribution in [0.15, 0.2) is 12.1 Å². The first-order valence-corrected chi connectivity index (χ1v) is 6.67. The molecule has 0 aliphatic carbocycles. The first-order chi connectivity index (χ1) is 10.1. The number of piperazine rings is 1. The van der Waals surface area contributed by atoms with Gasteiger partial charge in [0.15, 0.2) is 5.75 Å². The molecule has 0 bridgehead atoms. The Balaban J connectivity index is 0.00000176. The molecule has 1 saturated heterocycles. The van der Waals surface area contributed by atoms with E-state index in [1.54, 1.807) is 4.90 Å². The van der Waals surface area contributed by atoms with Gasteiger partial charge in [0, 0.05) is 31.7 Å². The van der Waals surface area contributed by atoms with Gasteiger partial charge in [-0.05, 0) is 13.0 Å². The second kappa shape index (κ2) is 6.37. The Morgan fingerprint density at radius 2 is 2.23 bits per heavy atom. The van der Waals surface area contributed by atoms with E-state index in [-0.39, 0.29) is 53.9 Å². The molecule has 1 amide bonds. The van der Waals surface area contributed by atoms with Crippen molar-refractivity contribution in [3.63, 3.8) is 0 Å². The van der Waals surface area contributed by atoms with E-state index in [4.69, 9.17) is 9.47 Å². The van der Waals surface area contributed by atoms with Crippen LogP contribution >= 0.6 is 12.4 Å². The zero-order chi connectivity index (χ0) is 15.0. The molecule has 1 aromatic carbocycles. The number of ether oxygens (including phenoxy) is 2. The standard InChI is InChI=1S/C13H15N3O5.ClH/c1-8-6-15(3-2-14-8)13(17)9-4-10(16(18)19)12-11(5-9)20-7-21-12;/h4-5,8,14H,2-3,6-7H2,1H3;1H/t8-;/m1./s1. The maximum absolute atomic E-state index is 12.5. The summed E-state index contributed by atoms with van der Waals surface area (Å²) in [4.78, 5) is 24.7. The smallest absolute Gasteiger partial charge is 0.315 e. The molecular formula is C13H16ClN3O5. The minimum atomic E-state index is -0.565. The molecule has 1 N–H and O–H groups in total. The summed E-state index contributed by atoms with van der Waals surface area (Å²) in [6.45, 7) is 3.77. The molecule has 2 aliphatic rings. The van der Waals surface area contributed by atoms with Crippen LogP contribution in [0.1, 0.15) is 17.3 Å². The van der Waals surface area contributed by atoms with Crippen LogP contribution in [0.5, 0.6) is 11.5 Å². The van der Waals surface area contributed by atoms with E-state index in [2.05, 4.69) is 5.32 Å². The number of nitrogens with one attached hydrogen (secondary N) is 1. The quantitative estimate of drug-likeness (QED) is 0.647. The van der Waals surface area contributed by atoms with Crippen LogP contribution in [0, 0.1) is 10.1 Å². The number of carbonyl (C=O) groups excluding carboxylic acids is 1. The Hall–Kier alpha value is -2.06. The van der Waals surface area contributed by atoms with Gasteiger partial charge in [0.05, 0.1) is 10.5 Å². The summed E-state index contributed by atoms with van der Waals surface area (Å²) < 4.78 is 10.3. The third-order valence-electron chi connectivity index (χ3n) is 3.55. The number of carbonyl (C=O) groups is 1. The first kappa shape index (κ1) is 16.3. The van der Waals surface area contributed by atoms with Crippen LogP contribution in [-0.4, -0.2) is 48.2 Å². The fourth-order valence-electron chi connectivity index (χ4n) is 2.55. The molecule has 3 rings (SSSR count). The molecule has 1 fully saturated rings. The van der Waals surface area contributed by atoms with Gasteiger partial charge in [0.2, 0.25) is 12.5 Å². The van der Waals surface area contributed by atoms with E-state index in [1.165, 1.54) is 12.1 Å². The van der Waals surface area contributed by atoms with E-state index >= 15 is 0 Å². The van der Waals surface area contributed by atoms with E-state index in [9.17, 15) is 14.9 Å². The van der Waals surface area contributed by atoms with Crippen molar-refractivity contribution in [2.45, 2.75) is 13.0 Å². The lowest BCUT2D eigenvalue weighted by Crippen LogP contribution is -2.51. The Morgan fingerprint density at radius 1 is 1.45 bits per heavy atom. The normalized spacial score (nSPS) is 19.5. The van der Waals surface area contributed by atoms with Crippen molar-refractivity contribution in [2.75, 3.05) is 26.4 Å². The van der Waals surface area contributed by atoms with E-state index in [0.717, 1.165) is 0 Å². The summed E-state index contributed by atoms with van der Waals surface area (Å²) in [6, 6.07) is 2.96. The summed E-state index contributed by atoms with van der Waals surface area (Å²) in [6.07, 6.45) is 0. The third kappa shape index (κ3) is 2.93. The Labute approximate surface area is 132 Å². The average molecular weight is 330 g/mol. The summed E-state index contributed by atoms with van der Waals surface area (Å²) >= 11 is 0. The third-order valence-corrected chi connectivity index (χ3v) is 3.55. The zero-order valence-corrected chi connectivity index (χ0v) is 12.7. The number of nitro groups is 1. The van der Waals surface area contributed by atoms with Crippen LogP contribution in [0.4, 0.5) is 5.69 Å². The van der Waals surface area contributed by atoms with Crippen molar-refractivity contribution in [1.82, 2.24) is 10.2 Å². The second-order valence-electron chi connectivity index (χ2n) is 5.09. The molecule has 8 nitrogen and oxygen atoms in total. The molecule has 0 spiro atoms. The van der Waals surface area contributed by atoms with Crippen LogP contribution in [0.2, 0.25) is 0 Å². The van der Waals surface area contributed by atoms with Crippen molar-refractivity contribution in [3.05, 3.63) is 27.8 Å². The Bertz CT molecular complexity index is 610. The zero-order valence-electron chi connectivity index (χ0n) is 11.9. The maximum Gasteiger partial charge on any atom is 0.315 e. The number of hydrogen-bond acceptors (Lipinski definition) is 6. The molecule has 0 radical (unpaired) electrons. The molecule has 22 heavy (non-hydrogen) atoms. The van der Waals surface area contributed by atoms with E-state index < -0.39 is 4.92 Å². The number of rotatable bonds is 2. The predicted octanol–water partition coefficient (Wildman–Crippen LogP) is 1.18. The number of benzene rings is 1. The number of halogens is 1. The predicted molar refractivity (Wildman–Crippen MR) is 79.8 cm³/mol. The van der Waals surface area contributed by atoms with Gasteiger partial charge in [-0.2, -0.15) is 0 Å². The number of nitro benzene ring substituents is 1. The van der Waals surface area contributed by atoms with Gasteiger partial charge in [0.1, 0.15) is 0 Å². The number of hydrogen-bond donors (Lipinski definition) is 1. The topological polar surface area (TPSA) is 93.9 Å². The van der Waals surface area contributed by atoms with Crippen molar-refractivity contribution in [2.24, 2.45) is 0 Å². The summed E-state index contributed by atoms with van der Waals surface area (Å²) in [5.74, 6) is 0.103. The highest BCUT2D eigenvalue weighted by Gasteiger charge is 2.30. The molecule has 0 aromatic heterocycles. The van der Waals surface area contributed by atoms with Crippen LogP contribution < -0.4 is 14.8 Å². The number of nitrogens with zero attached hydrogens (tertiary/aromatic N) is 2. The lowest BCUT2D eigenvalue weighted by atomic mass is 10.1. The van der Waals surface area contributed by atoms with E-state index in [0.29, 0.717) is 19.6 Å². The van der Waals surface area contributed by atoms with Crippen LogP contribution in [0.25, 0.3) is 0 Å². The molecule has 9 heteroatoms. The fourth-order valence-corrected chi connectivity index (χ4v) is 2.55. The minimum absolute atomic E-state index is 0. The molecule has 0 saturated carbocycles. The van der Waals surface area contributed by atoms with Gasteiger partial charge in [0.25, 0.3) is 5.91 Å². The summed E-state index contributed by atoms with van der Waals surface area (Å²) in [7, 11) is 0. The molecule has 2 heterocycles. The molecule has 0 unspecified atom stereocenters. The van der Waals surface area contributed by atoms with Gasteiger partial charge < -0.3 is 19.7 Å². The van der Waals surface area contributed by atoms with Gasteiger partial charge in [-0.15, -0.1) is 12.4 Å².